The minimum absolute atomic E-state index is 0.547. The molecule has 70 valence electrons. The molecule has 0 aromatic carbocycles. The number of rotatable bonds is 5. The Morgan fingerprint density at radius 1 is 1.46 bits per heavy atom. The fourth-order valence-electron chi connectivity index (χ4n) is 1.04. The zero-order chi connectivity index (χ0) is 9.52. The Bertz CT molecular complexity index is 287. The molecule has 0 aliphatic heterocycles. The molecule has 0 fully saturated rings. The molecule has 1 heterocycles. The summed E-state index contributed by atoms with van der Waals surface area (Å²) in [4.78, 5) is 4.18. The van der Waals surface area contributed by atoms with E-state index in [-0.39, 0.29) is 0 Å². The summed E-state index contributed by atoms with van der Waals surface area (Å²) < 4.78 is 4.99. The fourth-order valence-corrected chi connectivity index (χ4v) is 1.04. The predicted octanol–water partition coefficient (Wildman–Crippen LogP) is 1.87. The van der Waals surface area contributed by atoms with Crippen molar-refractivity contribution in [3.63, 3.8) is 0 Å². The summed E-state index contributed by atoms with van der Waals surface area (Å²) in [7, 11) is 0. The number of aryl methyl sites for hydroxylation is 2. The number of aromatic nitrogens is 2. The van der Waals surface area contributed by atoms with E-state index in [1.54, 1.807) is 0 Å². The second-order valence-corrected chi connectivity index (χ2v) is 2.87. The van der Waals surface area contributed by atoms with Crippen LogP contribution < -0.4 is 0 Å². The molecular formula is C9H13N3O. The molecule has 0 unspecified atom stereocenters. The highest BCUT2D eigenvalue weighted by atomic mass is 16.5. The molecule has 1 aromatic rings. The maximum atomic E-state index is 8.32. The van der Waals surface area contributed by atoms with Crippen molar-refractivity contribution in [3.8, 4) is 6.07 Å². The minimum Gasteiger partial charge on any atom is -0.339 e. The molecule has 1 rings (SSSR count). The lowest BCUT2D eigenvalue weighted by molar-refractivity contribution is 0.370. The van der Waals surface area contributed by atoms with Gasteiger partial charge < -0.3 is 4.52 Å². The molecular weight excluding hydrogens is 166 g/mol. The van der Waals surface area contributed by atoms with Gasteiger partial charge in [-0.3, -0.25) is 0 Å². The molecule has 0 bridgehead atoms. The van der Waals surface area contributed by atoms with E-state index in [0.717, 1.165) is 25.1 Å². The van der Waals surface area contributed by atoms with Crippen LogP contribution in [0.1, 0.15) is 37.9 Å². The van der Waals surface area contributed by atoms with Crippen molar-refractivity contribution in [2.24, 2.45) is 0 Å². The molecule has 0 spiro atoms. The van der Waals surface area contributed by atoms with Crippen LogP contribution in [-0.2, 0) is 12.8 Å². The summed E-state index contributed by atoms with van der Waals surface area (Å²) in [6, 6.07) is 2.08. The van der Waals surface area contributed by atoms with Gasteiger partial charge in [-0.05, 0) is 12.8 Å². The Labute approximate surface area is 77.6 Å². The highest BCUT2D eigenvalue weighted by molar-refractivity contribution is 4.87. The van der Waals surface area contributed by atoms with Gasteiger partial charge in [0.15, 0.2) is 5.82 Å². The van der Waals surface area contributed by atoms with Crippen LogP contribution in [0.2, 0.25) is 0 Å². The third-order valence-electron chi connectivity index (χ3n) is 1.66. The van der Waals surface area contributed by atoms with Crippen molar-refractivity contribution in [2.45, 2.75) is 39.0 Å². The Morgan fingerprint density at radius 3 is 3.00 bits per heavy atom. The van der Waals surface area contributed by atoms with Crippen molar-refractivity contribution in [3.05, 3.63) is 11.7 Å². The number of unbranched alkanes of at least 4 members (excludes halogenated alkanes) is 1. The van der Waals surface area contributed by atoms with E-state index >= 15 is 0 Å². The molecule has 0 aliphatic rings. The van der Waals surface area contributed by atoms with Crippen molar-refractivity contribution < 1.29 is 4.52 Å². The summed E-state index contributed by atoms with van der Waals surface area (Å²) in [5, 5.41) is 12.1. The third kappa shape index (κ3) is 3.24. The first-order valence-electron chi connectivity index (χ1n) is 4.55. The first-order valence-corrected chi connectivity index (χ1v) is 4.55. The Kier molecular flexibility index (Phi) is 3.97. The number of hydrogen-bond donors (Lipinski definition) is 0. The topological polar surface area (TPSA) is 62.7 Å². The fraction of sp³-hybridized carbons (Fsp3) is 0.667. The van der Waals surface area contributed by atoms with Crippen LogP contribution in [-0.4, -0.2) is 10.1 Å². The molecule has 0 N–H and O–H groups in total. The van der Waals surface area contributed by atoms with E-state index in [0.29, 0.717) is 18.7 Å². The first kappa shape index (κ1) is 9.72. The second-order valence-electron chi connectivity index (χ2n) is 2.87. The average Bonchev–Trinajstić information content (AvgIpc) is 2.54. The lowest BCUT2D eigenvalue weighted by Crippen LogP contribution is -1.88. The van der Waals surface area contributed by atoms with Crippen LogP contribution in [0, 0.1) is 11.3 Å². The van der Waals surface area contributed by atoms with Gasteiger partial charge in [0.2, 0.25) is 5.89 Å². The van der Waals surface area contributed by atoms with Gasteiger partial charge in [-0.25, -0.2) is 0 Å². The molecule has 1 aromatic heterocycles. The summed E-state index contributed by atoms with van der Waals surface area (Å²) >= 11 is 0. The standard InChI is InChI=1S/C9H13N3O/c1-2-5-8-11-9(13-12-8)6-3-4-7-10/h2-6H2,1H3. The van der Waals surface area contributed by atoms with Crippen LogP contribution in [0.3, 0.4) is 0 Å². The second kappa shape index (κ2) is 5.31. The Hall–Kier alpha value is -1.37. The van der Waals surface area contributed by atoms with Crippen molar-refractivity contribution in [2.75, 3.05) is 0 Å². The zero-order valence-corrected chi connectivity index (χ0v) is 7.79. The Morgan fingerprint density at radius 2 is 2.31 bits per heavy atom. The largest absolute Gasteiger partial charge is 0.339 e. The van der Waals surface area contributed by atoms with Crippen LogP contribution in [0.15, 0.2) is 4.52 Å². The summed E-state index contributed by atoms with van der Waals surface area (Å²) in [5.74, 6) is 1.42. The number of hydrogen-bond acceptors (Lipinski definition) is 4. The van der Waals surface area contributed by atoms with Gasteiger partial charge in [-0.1, -0.05) is 12.1 Å². The quantitative estimate of drug-likeness (QED) is 0.647. The zero-order valence-electron chi connectivity index (χ0n) is 7.79. The summed E-state index contributed by atoms with van der Waals surface area (Å²) in [5.41, 5.74) is 0. The third-order valence-corrected chi connectivity index (χ3v) is 1.66. The van der Waals surface area contributed by atoms with Gasteiger partial charge in [0.1, 0.15) is 0 Å². The summed E-state index contributed by atoms with van der Waals surface area (Å²) in [6.07, 6.45) is 3.94. The SMILES string of the molecule is CCCc1noc(CCCC#N)n1. The molecule has 0 amide bonds. The van der Waals surface area contributed by atoms with E-state index in [9.17, 15) is 0 Å². The van der Waals surface area contributed by atoms with Crippen molar-refractivity contribution >= 4 is 0 Å². The lowest BCUT2D eigenvalue weighted by atomic mass is 10.2. The monoisotopic (exact) mass is 179 g/mol. The van der Waals surface area contributed by atoms with Gasteiger partial charge in [0.05, 0.1) is 6.07 Å². The van der Waals surface area contributed by atoms with Crippen molar-refractivity contribution in [1.82, 2.24) is 10.1 Å². The van der Waals surface area contributed by atoms with E-state index in [4.69, 9.17) is 9.78 Å². The van der Waals surface area contributed by atoms with Gasteiger partial charge >= 0.3 is 0 Å². The predicted molar refractivity (Wildman–Crippen MR) is 46.8 cm³/mol. The van der Waals surface area contributed by atoms with Crippen LogP contribution in [0.4, 0.5) is 0 Å². The number of nitriles is 1. The maximum Gasteiger partial charge on any atom is 0.226 e. The molecule has 0 radical (unpaired) electrons. The van der Waals surface area contributed by atoms with E-state index in [1.807, 2.05) is 0 Å². The van der Waals surface area contributed by atoms with Gasteiger partial charge in [-0.15, -0.1) is 0 Å². The van der Waals surface area contributed by atoms with Gasteiger partial charge in [0.25, 0.3) is 0 Å². The van der Waals surface area contributed by atoms with E-state index < -0.39 is 0 Å². The van der Waals surface area contributed by atoms with E-state index in [1.165, 1.54) is 0 Å². The highest BCUT2D eigenvalue weighted by Crippen LogP contribution is 2.03. The Balaban J connectivity index is 2.36. The summed E-state index contributed by atoms with van der Waals surface area (Å²) in [6.45, 7) is 2.08. The molecule has 0 saturated carbocycles. The molecule has 0 atom stereocenters. The highest BCUT2D eigenvalue weighted by Gasteiger charge is 2.04. The smallest absolute Gasteiger partial charge is 0.226 e. The lowest BCUT2D eigenvalue weighted by Gasteiger charge is -1.87. The minimum atomic E-state index is 0.547. The maximum absolute atomic E-state index is 8.32. The van der Waals surface area contributed by atoms with Crippen LogP contribution in [0.25, 0.3) is 0 Å². The number of nitrogens with zero attached hydrogens (tertiary/aromatic N) is 3. The van der Waals surface area contributed by atoms with Gasteiger partial charge in [-0.2, -0.15) is 10.2 Å². The van der Waals surface area contributed by atoms with Gasteiger partial charge in [0, 0.05) is 19.3 Å². The molecule has 0 saturated heterocycles. The van der Waals surface area contributed by atoms with Crippen molar-refractivity contribution in [1.29, 1.82) is 5.26 Å². The first-order chi connectivity index (χ1) is 6.36. The average molecular weight is 179 g/mol. The molecule has 13 heavy (non-hydrogen) atoms. The van der Waals surface area contributed by atoms with Crippen LogP contribution in [0.5, 0.6) is 0 Å². The normalized spacial score (nSPS) is 9.85. The van der Waals surface area contributed by atoms with Crippen LogP contribution >= 0.6 is 0 Å². The van der Waals surface area contributed by atoms with E-state index in [2.05, 4.69) is 23.1 Å². The molecule has 4 heteroatoms. The molecule has 4 nitrogen and oxygen atoms in total. The molecule has 0 aliphatic carbocycles.